The van der Waals surface area contributed by atoms with E-state index in [0.29, 0.717) is 0 Å². The van der Waals surface area contributed by atoms with Gasteiger partial charge in [-0.3, -0.25) is 14.8 Å². The number of hydrogen-bond acceptors (Lipinski definition) is 4. The van der Waals surface area contributed by atoms with Crippen molar-refractivity contribution in [2.24, 2.45) is 0 Å². The number of nitro groups is 1. The summed E-state index contributed by atoms with van der Waals surface area (Å²) in [6, 6.07) is 21.5. The molecule has 0 radical (unpaired) electrons. The molecule has 0 aromatic heterocycles. The number of nitrogens with zero attached hydrogens (tertiary/aromatic N) is 1. The van der Waals surface area contributed by atoms with Crippen molar-refractivity contribution in [3.05, 3.63) is 89.0 Å². The van der Waals surface area contributed by atoms with E-state index in [9.17, 15) is 18.5 Å². The fourth-order valence-electron chi connectivity index (χ4n) is 2.38. The van der Waals surface area contributed by atoms with Gasteiger partial charge in [-0.2, -0.15) is 0 Å². The van der Waals surface area contributed by atoms with E-state index in [1.807, 2.05) is 30.3 Å². The van der Waals surface area contributed by atoms with Crippen LogP contribution < -0.4 is 4.72 Å². The van der Waals surface area contributed by atoms with Crippen LogP contribution in [0.1, 0.15) is 0 Å². The summed E-state index contributed by atoms with van der Waals surface area (Å²) in [7, 11) is -3.92. The molecular weight excluding hydrogens is 340 g/mol. The molecule has 3 aromatic carbocycles. The minimum atomic E-state index is -3.92. The molecule has 0 saturated carbocycles. The Morgan fingerprint density at radius 1 is 0.760 bits per heavy atom. The summed E-state index contributed by atoms with van der Waals surface area (Å²) in [4.78, 5) is 10.4. The summed E-state index contributed by atoms with van der Waals surface area (Å²) < 4.78 is 27.3. The summed E-state index contributed by atoms with van der Waals surface area (Å²) in [6.07, 6.45) is 0. The van der Waals surface area contributed by atoms with E-state index in [1.54, 1.807) is 12.1 Å². The summed E-state index contributed by atoms with van der Waals surface area (Å²) >= 11 is 0. The monoisotopic (exact) mass is 354 g/mol. The number of rotatable bonds is 5. The van der Waals surface area contributed by atoms with E-state index in [2.05, 4.69) is 4.72 Å². The molecule has 0 atom stereocenters. The second kappa shape index (κ2) is 6.74. The van der Waals surface area contributed by atoms with E-state index in [-0.39, 0.29) is 16.3 Å². The van der Waals surface area contributed by atoms with Crippen molar-refractivity contribution in [3.63, 3.8) is 0 Å². The number of nitro benzene ring substituents is 1. The molecule has 0 heterocycles. The second-order valence-corrected chi connectivity index (χ2v) is 6.95. The number of nitrogens with one attached hydrogen (secondary N) is 1. The molecule has 0 aliphatic rings. The fraction of sp³-hybridized carbons (Fsp3) is 0. The number of hydrogen-bond donors (Lipinski definition) is 1. The molecule has 0 spiro atoms. The Morgan fingerprint density at radius 2 is 1.32 bits per heavy atom. The van der Waals surface area contributed by atoms with E-state index < -0.39 is 14.9 Å². The van der Waals surface area contributed by atoms with Gasteiger partial charge < -0.3 is 0 Å². The summed E-state index contributed by atoms with van der Waals surface area (Å²) in [5.74, 6) is 0. The predicted octanol–water partition coefficient (Wildman–Crippen LogP) is 4.06. The Kier molecular flexibility index (Phi) is 4.49. The molecular formula is C18H14N2O4S. The van der Waals surface area contributed by atoms with Crippen LogP contribution in [0, 0.1) is 10.1 Å². The molecule has 1 N–H and O–H groups in total. The van der Waals surface area contributed by atoms with Gasteiger partial charge in [0.05, 0.1) is 9.82 Å². The number of sulfonamides is 1. The lowest BCUT2D eigenvalue weighted by atomic mass is 10.1. The smallest absolute Gasteiger partial charge is 0.273 e. The van der Waals surface area contributed by atoms with E-state index >= 15 is 0 Å². The van der Waals surface area contributed by atoms with Gasteiger partial charge in [-0.15, -0.1) is 0 Å². The SMILES string of the molecule is O=[N+]([O-])c1ccccc1NS(=O)(=O)c1ccc(-c2ccccc2)cc1. The second-order valence-electron chi connectivity index (χ2n) is 5.27. The lowest BCUT2D eigenvalue weighted by molar-refractivity contribution is -0.383. The van der Waals surface area contributed by atoms with Gasteiger partial charge in [-0.25, -0.2) is 8.42 Å². The first kappa shape index (κ1) is 16.7. The topological polar surface area (TPSA) is 89.3 Å². The first-order valence-electron chi connectivity index (χ1n) is 7.39. The molecule has 0 bridgehead atoms. The maximum absolute atomic E-state index is 12.5. The zero-order valence-electron chi connectivity index (χ0n) is 13.0. The molecule has 6 nitrogen and oxygen atoms in total. The van der Waals surface area contributed by atoms with Crippen LogP contribution in [0.15, 0.2) is 83.8 Å². The molecule has 25 heavy (non-hydrogen) atoms. The molecule has 7 heteroatoms. The third kappa shape index (κ3) is 3.67. The Bertz CT molecular complexity index is 1000. The Balaban J connectivity index is 1.90. The van der Waals surface area contributed by atoms with Crippen LogP contribution in [0.4, 0.5) is 11.4 Å². The van der Waals surface area contributed by atoms with E-state index in [0.717, 1.165) is 11.1 Å². The lowest BCUT2D eigenvalue weighted by Crippen LogP contribution is -2.14. The van der Waals surface area contributed by atoms with Crippen molar-refractivity contribution >= 4 is 21.4 Å². The third-order valence-electron chi connectivity index (χ3n) is 3.62. The van der Waals surface area contributed by atoms with Crippen molar-refractivity contribution in [1.82, 2.24) is 0 Å². The highest BCUT2D eigenvalue weighted by Crippen LogP contribution is 2.27. The highest BCUT2D eigenvalue weighted by molar-refractivity contribution is 7.92. The maximum Gasteiger partial charge on any atom is 0.293 e. The number of anilines is 1. The zero-order chi connectivity index (χ0) is 17.9. The Morgan fingerprint density at radius 3 is 1.96 bits per heavy atom. The van der Waals surface area contributed by atoms with E-state index in [4.69, 9.17) is 0 Å². The van der Waals surface area contributed by atoms with Gasteiger partial charge in [-0.05, 0) is 29.3 Å². The third-order valence-corrected chi connectivity index (χ3v) is 5.00. The van der Waals surface area contributed by atoms with Crippen LogP contribution in [-0.4, -0.2) is 13.3 Å². The van der Waals surface area contributed by atoms with Crippen molar-refractivity contribution < 1.29 is 13.3 Å². The normalized spacial score (nSPS) is 11.0. The van der Waals surface area contributed by atoms with Crippen LogP contribution in [0.25, 0.3) is 11.1 Å². The lowest BCUT2D eigenvalue weighted by Gasteiger charge is -2.09. The predicted molar refractivity (Wildman–Crippen MR) is 95.8 cm³/mol. The van der Waals surface area contributed by atoms with Gasteiger partial charge in [0.2, 0.25) is 0 Å². The Labute approximate surface area is 145 Å². The summed E-state index contributed by atoms with van der Waals surface area (Å²) in [6.45, 7) is 0. The highest BCUT2D eigenvalue weighted by Gasteiger charge is 2.20. The molecule has 3 rings (SSSR count). The quantitative estimate of drug-likeness (QED) is 0.552. The van der Waals surface area contributed by atoms with Gasteiger partial charge >= 0.3 is 0 Å². The minimum absolute atomic E-state index is 0.0327. The van der Waals surface area contributed by atoms with Crippen molar-refractivity contribution in [1.29, 1.82) is 0 Å². The summed E-state index contributed by atoms with van der Waals surface area (Å²) in [5, 5.41) is 11.0. The van der Waals surface area contributed by atoms with Crippen LogP contribution in [0.5, 0.6) is 0 Å². The van der Waals surface area contributed by atoms with Gasteiger partial charge in [-0.1, -0.05) is 54.6 Å². The largest absolute Gasteiger partial charge is 0.293 e. The van der Waals surface area contributed by atoms with Crippen LogP contribution in [0.3, 0.4) is 0 Å². The molecule has 0 saturated heterocycles. The molecule has 3 aromatic rings. The number of benzene rings is 3. The van der Waals surface area contributed by atoms with Crippen molar-refractivity contribution in [3.8, 4) is 11.1 Å². The van der Waals surface area contributed by atoms with Gasteiger partial charge in [0.1, 0.15) is 5.69 Å². The molecule has 0 aliphatic heterocycles. The van der Waals surface area contributed by atoms with Crippen LogP contribution in [-0.2, 0) is 10.0 Å². The number of para-hydroxylation sites is 2. The average molecular weight is 354 g/mol. The molecule has 0 unspecified atom stereocenters. The van der Waals surface area contributed by atoms with E-state index in [1.165, 1.54) is 36.4 Å². The fourth-order valence-corrected chi connectivity index (χ4v) is 3.45. The molecule has 126 valence electrons. The van der Waals surface area contributed by atoms with Crippen LogP contribution >= 0.6 is 0 Å². The molecule has 0 amide bonds. The van der Waals surface area contributed by atoms with Gasteiger partial charge in [0, 0.05) is 6.07 Å². The average Bonchev–Trinajstić information content (AvgIpc) is 2.62. The van der Waals surface area contributed by atoms with Gasteiger partial charge in [0.15, 0.2) is 0 Å². The van der Waals surface area contributed by atoms with Crippen LogP contribution in [0.2, 0.25) is 0 Å². The standard InChI is InChI=1S/C18H14N2O4S/c21-20(22)18-9-5-4-8-17(18)19-25(23,24)16-12-10-15(11-13-16)14-6-2-1-3-7-14/h1-13,19H. The summed E-state index contributed by atoms with van der Waals surface area (Å²) in [5.41, 5.74) is 1.48. The van der Waals surface area contributed by atoms with Crippen molar-refractivity contribution in [2.75, 3.05) is 4.72 Å². The highest BCUT2D eigenvalue weighted by atomic mass is 32.2. The van der Waals surface area contributed by atoms with Crippen molar-refractivity contribution in [2.45, 2.75) is 4.90 Å². The zero-order valence-corrected chi connectivity index (χ0v) is 13.8. The molecule has 0 aliphatic carbocycles. The first-order chi connectivity index (χ1) is 12.0. The maximum atomic E-state index is 12.5. The van der Waals surface area contributed by atoms with Gasteiger partial charge in [0.25, 0.3) is 15.7 Å². The first-order valence-corrected chi connectivity index (χ1v) is 8.87. The Hall–Kier alpha value is -3.19. The molecule has 0 fully saturated rings. The minimum Gasteiger partial charge on any atom is -0.273 e.